The Morgan fingerprint density at radius 3 is 2.46 bits per heavy atom. The molecule has 3 aliphatic rings. The largest absolute Gasteiger partial charge is 0.346 e. The number of fused-ring (bicyclic) bond motifs is 1. The van der Waals surface area contributed by atoms with Crippen LogP contribution in [-0.4, -0.2) is 14.3 Å². The molecule has 2 fully saturated rings. The second-order valence-electron chi connectivity index (χ2n) is 7.69. The number of halogens is 2. The number of rotatable bonds is 2. The first-order chi connectivity index (χ1) is 11.5. The van der Waals surface area contributed by atoms with E-state index in [-0.39, 0.29) is 17.8 Å². The van der Waals surface area contributed by atoms with Gasteiger partial charge in [0.2, 0.25) is 0 Å². The molecule has 0 bridgehead atoms. The van der Waals surface area contributed by atoms with Crippen LogP contribution >= 0.6 is 0 Å². The van der Waals surface area contributed by atoms with E-state index in [4.69, 9.17) is 0 Å². The van der Waals surface area contributed by atoms with Crippen molar-refractivity contribution in [3.8, 4) is 0 Å². The topological polar surface area (TPSA) is 39.8 Å². The predicted molar refractivity (Wildman–Crippen MR) is 83.9 cm³/mol. The van der Waals surface area contributed by atoms with Crippen LogP contribution in [0, 0.1) is 17.0 Å². The lowest BCUT2D eigenvalue weighted by Crippen LogP contribution is -2.46. The molecule has 1 atom stereocenters. The third-order valence-corrected chi connectivity index (χ3v) is 6.22. The van der Waals surface area contributed by atoms with Crippen LogP contribution in [0.3, 0.4) is 0 Å². The third kappa shape index (κ3) is 1.95. The van der Waals surface area contributed by atoms with Crippen molar-refractivity contribution in [2.45, 2.75) is 57.0 Å². The molecule has 1 aromatic heterocycles. The van der Waals surface area contributed by atoms with E-state index >= 15 is 0 Å². The van der Waals surface area contributed by atoms with Gasteiger partial charge in [0.1, 0.15) is 17.5 Å². The van der Waals surface area contributed by atoms with E-state index in [0.29, 0.717) is 23.8 Å². The summed E-state index contributed by atoms with van der Waals surface area (Å²) in [6.45, 7) is 0. The fourth-order valence-electron chi connectivity index (χ4n) is 4.83. The number of aromatic nitrogens is 3. The Balaban J connectivity index is 1.49. The Morgan fingerprint density at radius 2 is 1.83 bits per heavy atom. The molecule has 6 heteroatoms. The summed E-state index contributed by atoms with van der Waals surface area (Å²) < 4.78 is 30.3. The van der Waals surface area contributed by atoms with E-state index in [1.807, 2.05) is 0 Å². The van der Waals surface area contributed by atoms with Gasteiger partial charge in [0.05, 0.1) is 12.1 Å². The third-order valence-electron chi connectivity index (χ3n) is 6.22. The SMILES string of the molecule is O=c1n(C2CC3(CCC3)C2)nc2n1[C@H](c1cc(F)cc(F)c1)CC2. The van der Waals surface area contributed by atoms with Gasteiger partial charge < -0.3 is 0 Å². The normalized spacial score (nSPS) is 24.7. The van der Waals surface area contributed by atoms with Crippen LogP contribution in [0.1, 0.15) is 62.0 Å². The smallest absolute Gasteiger partial charge is 0.271 e. The molecule has 5 rings (SSSR count). The maximum absolute atomic E-state index is 13.5. The highest BCUT2D eigenvalue weighted by Gasteiger charge is 2.50. The van der Waals surface area contributed by atoms with Crippen molar-refractivity contribution in [3.63, 3.8) is 0 Å². The molecule has 126 valence electrons. The Morgan fingerprint density at radius 1 is 1.12 bits per heavy atom. The summed E-state index contributed by atoms with van der Waals surface area (Å²) >= 11 is 0. The summed E-state index contributed by atoms with van der Waals surface area (Å²) in [7, 11) is 0. The van der Waals surface area contributed by atoms with Crippen LogP contribution in [0.5, 0.6) is 0 Å². The lowest BCUT2D eigenvalue weighted by molar-refractivity contribution is -0.0237. The van der Waals surface area contributed by atoms with Crippen LogP contribution in [0.4, 0.5) is 8.78 Å². The van der Waals surface area contributed by atoms with Gasteiger partial charge in [-0.15, -0.1) is 0 Å². The number of nitrogens with zero attached hydrogens (tertiary/aromatic N) is 3. The Bertz CT molecular complexity index is 853. The Kier molecular flexibility index (Phi) is 2.86. The minimum atomic E-state index is -0.607. The van der Waals surface area contributed by atoms with Gasteiger partial charge in [0.15, 0.2) is 0 Å². The molecular weight excluding hydrogens is 312 g/mol. The summed E-state index contributed by atoms with van der Waals surface area (Å²) in [6.07, 6.45) is 7.27. The zero-order chi connectivity index (χ0) is 16.5. The van der Waals surface area contributed by atoms with Gasteiger partial charge in [-0.1, -0.05) is 6.42 Å². The first-order valence-electron chi connectivity index (χ1n) is 8.71. The zero-order valence-corrected chi connectivity index (χ0v) is 13.3. The molecule has 24 heavy (non-hydrogen) atoms. The average molecular weight is 331 g/mol. The summed E-state index contributed by atoms with van der Waals surface area (Å²) in [6, 6.07) is 3.38. The summed E-state index contributed by atoms with van der Waals surface area (Å²) in [4.78, 5) is 12.8. The average Bonchev–Trinajstić information content (AvgIpc) is 2.96. The summed E-state index contributed by atoms with van der Waals surface area (Å²) in [5.41, 5.74) is 0.858. The summed E-state index contributed by atoms with van der Waals surface area (Å²) in [5.74, 6) is -0.473. The van der Waals surface area contributed by atoms with Gasteiger partial charge in [0, 0.05) is 12.5 Å². The molecule has 1 aromatic carbocycles. The van der Waals surface area contributed by atoms with Crippen LogP contribution in [0.25, 0.3) is 0 Å². The molecule has 2 saturated carbocycles. The van der Waals surface area contributed by atoms with Gasteiger partial charge in [-0.25, -0.2) is 18.3 Å². The van der Waals surface area contributed by atoms with Gasteiger partial charge in [-0.3, -0.25) is 4.57 Å². The van der Waals surface area contributed by atoms with Gasteiger partial charge in [0.25, 0.3) is 0 Å². The van der Waals surface area contributed by atoms with Crippen molar-refractivity contribution in [1.29, 1.82) is 0 Å². The summed E-state index contributed by atoms with van der Waals surface area (Å²) in [5, 5.41) is 4.54. The zero-order valence-electron chi connectivity index (χ0n) is 13.3. The molecule has 4 nitrogen and oxygen atoms in total. The molecule has 2 aromatic rings. The molecular formula is C18H19F2N3O. The van der Waals surface area contributed by atoms with Gasteiger partial charge in [-0.05, 0) is 55.2 Å². The monoisotopic (exact) mass is 331 g/mol. The fraction of sp³-hybridized carbons (Fsp3) is 0.556. The molecule has 0 saturated heterocycles. The van der Waals surface area contributed by atoms with Crippen LogP contribution in [-0.2, 0) is 6.42 Å². The number of hydrogen-bond acceptors (Lipinski definition) is 2. The van der Waals surface area contributed by atoms with Crippen molar-refractivity contribution in [2.24, 2.45) is 5.41 Å². The molecule has 2 aliphatic carbocycles. The van der Waals surface area contributed by atoms with Gasteiger partial charge >= 0.3 is 5.69 Å². The first kappa shape index (κ1) is 14.4. The maximum atomic E-state index is 13.5. The molecule has 0 amide bonds. The van der Waals surface area contributed by atoms with Crippen LogP contribution < -0.4 is 5.69 Å². The predicted octanol–water partition coefficient (Wildman–Crippen LogP) is 3.36. The molecule has 1 spiro atoms. The quantitative estimate of drug-likeness (QED) is 0.846. The number of aryl methyl sites for hydroxylation is 1. The fourth-order valence-corrected chi connectivity index (χ4v) is 4.83. The molecule has 2 heterocycles. The molecule has 0 radical (unpaired) electrons. The maximum Gasteiger partial charge on any atom is 0.346 e. The van der Waals surface area contributed by atoms with Crippen molar-refractivity contribution >= 4 is 0 Å². The van der Waals surface area contributed by atoms with E-state index in [2.05, 4.69) is 5.10 Å². The second kappa shape index (κ2) is 4.77. The van der Waals surface area contributed by atoms with Crippen molar-refractivity contribution in [1.82, 2.24) is 14.3 Å². The van der Waals surface area contributed by atoms with Crippen LogP contribution in [0.2, 0.25) is 0 Å². The Hall–Kier alpha value is -1.98. The van der Waals surface area contributed by atoms with E-state index in [1.54, 1.807) is 9.25 Å². The highest BCUT2D eigenvalue weighted by atomic mass is 19.1. The lowest BCUT2D eigenvalue weighted by Gasteiger charge is -2.53. The Labute approximate surface area is 138 Å². The molecule has 0 unspecified atom stereocenters. The first-order valence-corrected chi connectivity index (χ1v) is 8.71. The molecule has 1 aliphatic heterocycles. The van der Waals surface area contributed by atoms with Gasteiger partial charge in [-0.2, -0.15) is 5.10 Å². The van der Waals surface area contributed by atoms with E-state index in [9.17, 15) is 13.6 Å². The molecule has 0 N–H and O–H groups in total. The van der Waals surface area contributed by atoms with Crippen molar-refractivity contribution < 1.29 is 8.78 Å². The standard InChI is InChI=1S/C18H19F2N3O/c19-12-6-11(7-13(20)8-12)15-2-3-16-21-23(17(24)22(15)16)14-9-18(10-14)4-1-5-18/h6-8,14-15H,1-5,9-10H2/t15-/m0/s1. The highest BCUT2D eigenvalue weighted by Crippen LogP contribution is 2.60. The van der Waals surface area contributed by atoms with Crippen molar-refractivity contribution in [2.75, 3.05) is 0 Å². The number of benzene rings is 1. The minimum absolute atomic E-state index is 0.128. The highest BCUT2D eigenvalue weighted by molar-refractivity contribution is 5.25. The minimum Gasteiger partial charge on any atom is -0.271 e. The van der Waals surface area contributed by atoms with Crippen LogP contribution in [0.15, 0.2) is 23.0 Å². The van der Waals surface area contributed by atoms with E-state index in [0.717, 1.165) is 24.7 Å². The lowest BCUT2D eigenvalue weighted by atomic mass is 9.54. The van der Waals surface area contributed by atoms with E-state index in [1.165, 1.54) is 31.4 Å². The second-order valence-corrected chi connectivity index (χ2v) is 7.69. The van der Waals surface area contributed by atoms with Crippen molar-refractivity contribution in [3.05, 3.63) is 51.7 Å². The van der Waals surface area contributed by atoms with E-state index < -0.39 is 11.6 Å². The number of hydrogen-bond donors (Lipinski definition) is 0.